The lowest BCUT2D eigenvalue weighted by Crippen LogP contribution is -2.47. The van der Waals surface area contributed by atoms with Gasteiger partial charge in [0.25, 0.3) is 0 Å². The highest BCUT2D eigenvalue weighted by molar-refractivity contribution is 6.30. The van der Waals surface area contributed by atoms with Crippen LogP contribution in [0.4, 0.5) is 0 Å². The molecule has 1 aromatic carbocycles. The number of nitrogens with zero attached hydrogens (tertiary/aromatic N) is 2. The van der Waals surface area contributed by atoms with Crippen LogP contribution >= 0.6 is 11.6 Å². The van der Waals surface area contributed by atoms with Crippen molar-refractivity contribution in [3.63, 3.8) is 0 Å². The average molecular weight is 358 g/mol. The second-order valence-electron chi connectivity index (χ2n) is 6.79. The number of aryl methyl sites for hydroxylation is 1. The zero-order valence-electron chi connectivity index (χ0n) is 14.8. The molecule has 4 nitrogen and oxygen atoms in total. The Kier molecular flexibility index (Phi) is 5.38. The van der Waals surface area contributed by atoms with Crippen LogP contribution in [0.1, 0.15) is 62.0 Å². The summed E-state index contributed by atoms with van der Waals surface area (Å²) >= 11 is 6.05. The van der Waals surface area contributed by atoms with E-state index in [-0.39, 0.29) is 11.4 Å². The van der Waals surface area contributed by atoms with Gasteiger partial charge in [-0.15, -0.1) is 0 Å². The Morgan fingerprint density at radius 2 is 1.92 bits per heavy atom. The highest BCUT2D eigenvalue weighted by Gasteiger charge is 2.38. The third-order valence-electron chi connectivity index (χ3n) is 5.15. The quantitative estimate of drug-likeness (QED) is 0.875. The fraction of sp³-hybridized carbons (Fsp3) is 0.450. The van der Waals surface area contributed by atoms with Gasteiger partial charge in [-0.25, -0.2) is 9.97 Å². The summed E-state index contributed by atoms with van der Waals surface area (Å²) in [6.45, 7) is 3.81. The first kappa shape index (κ1) is 17.9. The van der Waals surface area contributed by atoms with Gasteiger partial charge in [-0.3, -0.25) is 4.79 Å². The molecule has 1 amide bonds. The number of hydrogen-bond donors (Lipinski definition) is 1. The fourth-order valence-electron chi connectivity index (χ4n) is 3.72. The van der Waals surface area contributed by atoms with Gasteiger partial charge < -0.3 is 5.32 Å². The molecule has 1 aliphatic rings. The van der Waals surface area contributed by atoms with Crippen molar-refractivity contribution in [2.75, 3.05) is 0 Å². The molecule has 132 valence electrons. The first-order valence-electron chi connectivity index (χ1n) is 8.89. The van der Waals surface area contributed by atoms with E-state index in [9.17, 15) is 4.79 Å². The Hall–Kier alpha value is -1.94. The number of rotatable bonds is 4. The number of nitrogens with one attached hydrogen (secondary N) is 1. The molecule has 0 spiro atoms. The topological polar surface area (TPSA) is 54.9 Å². The first-order valence-corrected chi connectivity index (χ1v) is 9.27. The van der Waals surface area contributed by atoms with Crippen molar-refractivity contribution in [2.45, 2.75) is 57.4 Å². The highest BCUT2D eigenvalue weighted by Crippen LogP contribution is 2.43. The monoisotopic (exact) mass is 357 g/mol. The zero-order valence-corrected chi connectivity index (χ0v) is 15.5. The summed E-state index contributed by atoms with van der Waals surface area (Å²) in [5.74, 6) is 1.32. The number of hydrogen-bond acceptors (Lipinski definition) is 3. The van der Waals surface area contributed by atoms with Crippen molar-refractivity contribution in [1.29, 1.82) is 0 Å². The van der Waals surface area contributed by atoms with Crippen molar-refractivity contribution in [2.24, 2.45) is 0 Å². The Morgan fingerprint density at radius 1 is 1.24 bits per heavy atom. The molecule has 0 saturated heterocycles. The molecule has 0 atom stereocenters. The molecule has 0 radical (unpaired) electrons. The lowest BCUT2D eigenvalue weighted by atomic mass is 9.71. The molecule has 1 heterocycles. The summed E-state index contributed by atoms with van der Waals surface area (Å²) in [6, 6.07) is 9.88. The third kappa shape index (κ3) is 4.01. The number of carbonyl (C=O) groups is 1. The van der Waals surface area contributed by atoms with Crippen molar-refractivity contribution < 1.29 is 4.79 Å². The molecule has 1 saturated carbocycles. The summed E-state index contributed by atoms with van der Waals surface area (Å²) in [4.78, 5) is 20.9. The fourth-order valence-corrected chi connectivity index (χ4v) is 3.84. The third-order valence-corrected chi connectivity index (χ3v) is 5.40. The van der Waals surface area contributed by atoms with Gasteiger partial charge in [0.2, 0.25) is 5.91 Å². The molecule has 1 aromatic heterocycles. The Balaban J connectivity index is 1.83. The van der Waals surface area contributed by atoms with Crippen LogP contribution in [-0.4, -0.2) is 15.9 Å². The van der Waals surface area contributed by atoms with Crippen LogP contribution in [0.3, 0.4) is 0 Å². The van der Waals surface area contributed by atoms with Gasteiger partial charge in [0.15, 0.2) is 0 Å². The van der Waals surface area contributed by atoms with E-state index in [1.807, 2.05) is 50.4 Å². The van der Waals surface area contributed by atoms with Crippen molar-refractivity contribution in [3.8, 4) is 0 Å². The Morgan fingerprint density at radius 3 is 2.52 bits per heavy atom. The van der Waals surface area contributed by atoms with Crippen LogP contribution in [0.5, 0.6) is 0 Å². The normalized spacial score (nSPS) is 23.2. The molecule has 0 bridgehead atoms. The number of amides is 1. The second kappa shape index (κ2) is 7.52. The molecular formula is C20H24ClN3O. The molecule has 2 aromatic rings. The largest absolute Gasteiger partial charge is 0.347 e. The summed E-state index contributed by atoms with van der Waals surface area (Å²) < 4.78 is 0. The van der Waals surface area contributed by atoms with E-state index in [0.29, 0.717) is 17.4 Å². The molecule has 0 unspecified atom stereocenters. The first-order chi connectivity index (χ1) is 12.0. The van der Waals surface area contributed by atoms with Crippen molar-refractivity contribution in [3.05, 3.63) is 58.6 Å². The lowest BCUT2D eigenvalue weighted by Gasteiger charge is -2.41. The van der Waals surface area contributed by atoms with E-state index in [2.05, 4.69) is 15.3 Å². The zero-order chi connectivity index (χ0) is 17.9. The maximum atomic E-state index is 12.2. The van der Waals surface area contributed by atoms with Crippen LogP contribution in [0.25, 0.3) is 0 Å². The average Bonchev–Trinajstić information content (AvgIpc) is 2.62. The Bertz CT molecular complexity index is 737. The standard InChI is InChI=1S/C20H24ClN3O/c1-3-19(25)24-20(16-4-6-17(21)7-5-16)11-8-15(9-12-20)18-10-13-22-14(2)23-18/h4-7,10,13,15H,3,8-9,11-12H2,1-2H3,(H,24,25). The molecule has 5 heteroatoms. The summed E-state index contributed by atoms with van der Waals surface area (Å²) in [6.07, 6.45) is 6.09. The minimum atomic E-state index is -0.309. The molecule has 0 aliphatic heterocycles. The summed E-state index contributed by atoms with van der Waals surface area (Å²) in [7, 11) is 0. The minimum Gasteiger partial charge on any atom is -0.347 e. The van der Waals surface area contributed by atoms with Gasteiger partial charge in [-0.2, -0.15) is 0 Å². The predicted octanol–water partition coefficient (Wildman–Crippen LogP) is 4.52. The van der Waals surface area contributed by atoms with Crippen LogP contribution < -0.4 is 5.32 Å². The van der Waals surface area contributed by atoms with Gasteiger partial charge in [0.1, 0.15) is 5.82 Å². The van der Waals surface area contributed by atoms with E-state index < -0.39 is 0 Å². The van der Waals surface area contributed by atoms with Gasteiger partial charge in [0.05, 0.1) is 5.54 Å². The van der Waals surface area contributed by atoms with Crippen LogP contribution in [0, 0.1) is 6.92 Å². The van der Waals surface area contributed by atoms with E-state index in [1.165, 1.54) is 0 Å². The van der Waals surface area contributed by atoms with E-state index >= 15 is 0 Å². The highest BCUT2D eigenvalue weighted by atomic mass is 35.5. The number of aromatic nitrogens is 2. The number of benzene rings is 1. The number of halogens is 1. The van der Waals surface area contributed by atoms with Crippen molar-refractivity contribution >= 4 is 17.5 Å². The second-order valence-corrected chi connectivity index (χ2v) is 7.23. The maximum absolute atomic E-state index is 12.2. The molecule has 3 rings (SSSR count). The van der Waals surface area contributed by atoms with Gasteiger partial charge in [-0.1, -0.05) is 30.7 Å². The Labute approximate surface area is 154 Å². The minimum absolute atomic E-state index is 0.0891. The predicted molar refractivity (Wildman–Crippen MR) is 99.5 cm³/mol. The van der Waals surface area contributed by atoms with Crippen LogP contribution in [-0.2, 0) is 10.3 Å². The van der Waals surface area contributed by atoms with E-state index in [0.717, 1.165) is 42.8 Å². The maximum Gasteiger partial charge on any atom is 0.220 e. The molecule has 25 heavy (non-hydrogen) atoms. The molecule has 1 N–H and O–H groups in total. The van der Waals surface area contributed by atoms with Crippen LogP contribution in [0.15, 0.2) is 36.5 Å². The van der Waals surface area contributed by atoms with Gasteiger partial charge in [0, 0.05) is 29.3 Å². The van der Waals surface area contributed by atoms with E-state index in [4.69, 9.17) is 11.6 Å². The van der Waals surface area contributed by atoms with E-state index in [1.54, 1.807) is 0 Å². The SMILES string of the molecule is CCC(=O)NC1(c2ccc(Cl)cc2)CCC(c2ccnc(C)n2)CC1. The summed E-state index contributed by atoms with van der Waals surface area (Å²) in [5.41, 5.74) is 1.94. The van der Waals surface area contributed by atoms with Gasteiger partial charge >= 0.3 is 0 Å². The van der Waals surface area contributed by atoms with Crippen molar-refractivity contribution in [1.82, 2.24) is 15.3 Å². The molecule has 1 fully saturated rings. The van der Waals surface area contributed by atoms with Gasteiger partial charge in [-0.05, 0) is 56.4 Å². The number of carbonyl (C=O) groups excluding carboxylic acids is 1. The molecule has 1 aliphatic carbocycles. The summed E-state index contributed by atoms with van der Waals surface area (Å²) in [5, 5.41) is 4.00. The van der Waals surface area contributed by atoms with Crippen LogP contribution in [0.2, 0.25) is 5.02 Å². The smallest absolute Gasteiger partial charge is 0.220 e. The molecular weight excluding hydrogens is 334 g/mol. The lowest BCUT2D eigenvalue weighted by molar-refractivity contribution is -0.123.